The number of nitrogens with zero attached hydrogens (tertiary/aromatic N) is 2. The fraction of sp³-hybridized carbons (Fsp3) is 0.304. The summed E-state index contributed by atoms with van der Waals surface area (Å²) < 4.78 is 35.5. The molecular formula is C23H25N3O3S. The maximum Gasteiger partial charge on any atom is 0.243 e. The van der Waals surface area contributed by atoms with Gasteiger partial charge in [0.25, 0.3) is 0 Å². The zero-order chi connectivity index (χ0) is 20.9. The zero-order valence-corrected chi connectivity index (χ0v) is 17.9. The van der Waals surface area contributed by atoms with Gasteiger partial charge in [-0.05, 0) is 56.2 Å². The van der Waals surface area contributed by atoms with Gasteiger partial charge in [-0.2, -0.15) is 4.31 Å². The minimum atomic E-state index is -3.49. The van der Waals surface area contributed by atoms with Gasteiger partial charge in [0.05, 0.1) is 28.9 Å². The van der Waals surface area contributed by atoms with E-state index in [1.54, 1.807) is 23.5 Å². The van der Waals surface area contributed by atoms with E-state index in [1.807, 2.05) is 37.3 Å². The van der Waals surface area contributed by atoms with Crippen LogP contribution in [0.1, 0.15) is 24.1 Å². The summed E-state index contributed by atoms with van der Waals surface area (Å²) >= 11 is 0. The first kappa shape index (κ1) is 19.2. The van der Waals surface area contributed by atoms with Crippen LogP contribution in [0.15, 0.2) is 65.7 Å². The Bertz CT molecular complexity index is 1190. The molecule has 0 unspecified atom stereocenters. The predicted molar refractivity (Wildman–Crippen MR) is 117 cm³/mol. The van der Waals surface area contributed by atoms with Crippen molar-refractivity contribution >= 4 is 15.7 Å². The highest BCUT2D eigenvalue weighted by molar-refractivity contribution is 7.89. The largest absolute Gasteiger partial charge is 0.497 e. The van der Waals surface area contributed by atoms with Crippen LogP contribution in [0.4, 0.5) is 5.69 Å². The summed E-state index contributed by atoms with van der Waals surface area (Å²) in [5.41, 5.74) is 4.01. The summed E-state index contributed by atoms with van der Waals surface area (Å²) in [7, 11) is -1.83. The average molecular weight is 424 g/mol. The number of aryl methyl sites for hydroxylation is 1. The summed E-state index contributed by atoms with van der Waals surface area (Å²) in [5, 5.41) is 3.73. The Kier molecular flexibility index (Phi) is 4.41. The number of fused-ring (bicyclic) bond motifs is 4. The van der Waals surface area contributed by atoms with Crippen molar-refractivity contribution in [1.29, 1.82) is 0 Å². The fourth-order valence-electron chi connectivity index (χ4n) is 4.60. The number of rotatable bonds is 3. The summed E-state index contributed by atoms with van der Waals surface area (Å²) in [6.45, 7) is 2.89. The molecule has 0 radical (unpaired) electrons. The number of ether oxygens (including phenoxy) is 1. The minimum Gasteiger partial charge on any atom is -0.497 e. The number of hydrogen-bond donors (Lipinski definition) is 1. The van der Waals surface area contributed by atoms with Gasteiger partial charge in [0.15, 0.2) is 0 Å². The highest BCUT2D eigenvalue weighted by Gasteiger charge is 2.43. The molecule has 1 saturated heterocycles. The van der Waals surface area contributed by atoms with Crippen molar-refractivity contribution in [2.24, 2.45) is 0 Å². The van der Waals surface area contributed by atoms with E-state index in [4.69, 9.17) is 4.74 Å². The second kappa shape index (κ2) is 6.89. The maximum atomic E-state index is 13.1. The van der Waals surface area contributed by atoms with Crippen molar-refractivity contribution in [3.05, 3.63) is 72.1 Å². The van der Waals surface area contributed by atoms with Gasteiger partial charge in [-0.1, -0.05) is 17.7 Å². The Morgan fingerprint density at radius 3 is 2.47 bits per heavy atom. The lowest BCUT2D eigenvalue weighted by Crippen LogP contribution is -2.50. The molecule has 3 aromatic rings. The van der Waals surface area contributed by atoms with Crippen LogP contribution in [-0.4, -0.2) is 37.5 Å². The van der Waals surface area contributed by atoms with Crippen molar-refractivity contribution in [2.75, 3.05) is 25.5 Å². The SMILES string of the molecule is COc1ccc2c(c1)NC1(CCN(S(=O)(=O)c3ccc(C)cc3)CC1)c1cccn1-2. The Labute approximate surface area is 177 Å². The first-order valence-corrected chi connectivity index (χ1v) is 11.6. The molecule has 7 heteroatoms. The second-order valence-electron chi connectivity index (χ2n) is 8.07. The van der Waals surface area contributed by atoms with Gasteiger partial charge in [-0.15, -0.1) is 0 Å². The first-order valence-electron chi connectivity index (χ1n) is 10.1. The third-order valence-corrected chi connectivity index (χ3v) is 8.22. The molecule has 156 valence electrons. The normalized spacial score (nSPS) is 17.8. The van der Waals surface area contributed by atoms with Crippen molar-refractivity contribution < 1.29 is 13.2 Å². The molecule has 1 N–H and O–H groups in total. The highest BCUT2D eigenvalue weighted by atomic mass is 32.2. The number of hydrogen-bond acceptors (Lipinski definition) is 4. The van der Waals surface area contributed by atoms with Crippen LogP contribution in [0.5, 0.6) is 5.75 Å². The molecule has 1 spiro atoms. The molecule has 5 rings (SSSR count). The molecule has 1 fully saturated rings. The van der Waals surface area contributed by atoms with Crippen molar-refractivity contribution in [3.8, 4) is 11.4 Å². The van der Waals surface area contributed by atoms with Gasteiger partial charge in [0.2, 0.25) is 10.0 Å². The molecule has 2 aliphatic rings. The molecule has 0 saturated carbocycles. The van der Waals surface area contributed by atoms with Crippen LogP contribution in [-0.2, 0) is 15.6 Å². The zero-order valence-electron chi connectivity index (χ0n) is 17.1. The van der Waals surface area contributed by atoms with E-state index >= 15 is 0 Å². The predicted octanol–water partition coefficient (Wildman–Crippen LogP) is 3.90. The highest BCUT2D eigenvalue weighted by Crippen LogP contribution is 2.44. The summed E-state index contributed by atoms with van der Waals surface area (Å²) in [5.74, 6) is 0.798. The van der Waals surface area contributed by atoms with Crippen molar-refractivity contribution in [1.82, 2.24) is 8.87 Å². The molecule has 0 aliphatic carbocycles. The second-order valence-corrected chi connectivity index (χ2v) is 10.0. The number of anilines is 1. The topological polar surface area (TPSA) is 63.6 Å². The number of methoxy groups -OCH3 is 1. The molecule has 30 heavy (non-hydrogen) atoms. The smallest absolute Gasteiger partial charge is 0.243 e. The lowest BCUT2D eigenvalue weighted by molar-refractivity contribution is 0.247. The monoisotopic (exact) mass is 423 g/mol. The number of benzene rings is 2. The van der Waals surface area contributed by atoms with Crippen LogP contribution in [0.3, 0.4) is 0 Å². The summed E-state index contributed by atoms with van der Waals surface area (Å²) in [6, 6.07) is 17.3. The lowest BCUT2D eigenvalue weighted by atomic mass is 9.83. The van der Waals surface area contributed by atoms with E-state index in [-0.39, 0.29) is 5.54 Å². The van der Waals surface area contributed by atoms with Gasteiger partial charge in [0.1, 0.15) is 5.75 Å². The van der Waals surface area contributed by atoms with Gasteiger partial charge in [-0.3, -0.25) is 0 Å². The van der Waals surface area contributed by atoms with E-state index in [1.165, 1.54) is 5.69 Å². The van der Waals surface area contributed by atoms with Crippen LogP contribution in [0, 0.1) is 6.92 Å². The molecule has 3 heterocycles. The number of nitrogens with one attached hydrogen (secondary N) is 1. The third kappa shape index (κ3) is 2.92. The van der Waals surface area contributed by atoms with E-state index < -0.39 is 10.0 Å². The molecule has 0 atom stereocenters. The summed E-state index contributed by atoms with van der Waals surface area (Å²) in [4.78, 5) is 0.360. The molecule has 6 nitrogen and oxygen atoms in total. The van der Waals surface area contributed by atoms with Crippen LogP contribution in [0.2, 0.25) is 0 Å². The minimum absolute atomic E-state index is 0.303. The van der Waals surface area contributed by atoms with E-state index in [0.29, 0.717) is 30.8 Å². The molecule has 2 aliphatic heterocycles. The van der Waals surface area contributed by atoms with Gasteiger partial charge in [0, 0.05) is 31.0 Å². The van der Waals surface area contributed by atoms with E-state index in [9.17, 15) is 8.42 Å². The van der Waals surface area contributed by atoms with Crippen LogP contribution < -0.4 is 10.1 Å². The van der Waals surface area contributed by atoms with Crippen molar-refractivity contribution in [2.45, 2.75) is 30.2 Å². The van der Waals surface area contributed by atoms with Crippen LogP contribution in [0.25, 0.3) is 5.69 Å². The Hall–Kier alpha value is -2.77. The van der Waals surface area contributed by atoms with Gasteiger partial charge >= 0.3 is 0 Å². The van der Waals surface area contributed by atoms with Crippen LogP contribution >= 0.6 is 0 Å². The van der Waals surface area contributed by atoms with E-state index in [2.05, 4.69) is 28.2 Å². The number of sulfonamides is 1. The lowest BCUT2D eigenvalue weighted by Gasteiger charge is -2.46. The van der Waals surface area contributed by atoms with Gasteiger partial charge < -0.3 is 14.6 Å². The number of aromatic nitrogens is 1. The fourth-order valence-corrected chi connectivity index (χ4v) is 6.05. The Balaban J connectivity index is 1.45. The molecule has 0 amide bonds. The van der Waals surface area contributed by atoms with E-state index in [0.717, 1.165) is 22.7 Å². The molecule has 1 aromatic heterocycles. The Morgan fingerprint density at radius 2 is 1.77 bits per heavy atom. The standard InChI is InChI=1S/C23H25N3O3S/c1-17-5-8-19(9-6-17)30(27,28)25-14-11-23(12-15-25)22-4-3-13-26(22)21-10-7-18(29-2)16-20(21)24-23/h3-10,13,16,24H,11-12,14-15H2,1-2H3. The quantitative estimate of drug-likeness (QED) is 0.694. The average Bonchev–Trinajstić information content (AvgIpc) is 3.25. The molecule has 0 bridgehead atoms. The third-order valence-electron chi connectivity index (χ3n) is 6.31. The molecule has 2 aromatic carbocycles. The van der Waals surface area contributed by atoms with Crippen molar-refractivity contribution in [3.63, 3.8) is 0 Å². The first-order chi connectivity index (χ1) is 14.4. The Morgan fingerprint density at radius 1 is 1.03 bits per heavy atom. The van der Waals surface area contributed by atoms with Gasteiger partial charge in [-0.25, -0.2) is 8.42 Å². The number of piperidine rings is 1. The maximum absolute atomic E-state index is 13.1. The molecular weight excluding hydrogens is 398 g/mol. The summed E-state index contributed by atoms with van der Waals surface area (Å²) in [6.07, 6.45) is 3.45.